The van der Waals surface area contributed by atoms with Crippen molar-refractivity contribution in [1.82, 2.24) is 0 Å². The summed E-state index contributed by atoms with van der Waals surface area (Å²) in [5.41, 5.74) is 4.69. The van der Waals surface area contributed by atoms with E-state index in [1.54, 1.807) is 12.1 Å². The molecule has 0 unspecified atom stereocenters. The zero-order chi connectivity index (χ0) is 30.8. The molecule has 0 spiro atoms. The summed E-state index contributed by atoms with van der Waals surface area (Å²) in [7, 11) is 0. The maximum atomic E-state index is 11.6. The number of para-hydroxylation sites is 4. The lowest BCUT2D eigenvalue weighted by molar-refractivity contribution is 0.409. The van der Waals surface area contributed by atoms with E-state index < -0.39 is 0 Å². The molecule has 46 heavy (non-hydrogen) atoms. The number of phenolic OH excluding ortho intramolecular Hbond substituents is 4. The molecule has 2 aromatic heterocycles. The van der Waals surface area contributed by atoms with Gasteiger partial charge >= 0.3 is 0 Å². The molecule has 0 atom stereocenters. The Kier molecular flexibility index (Phi) is 4.68. The first-order chi connectivity index (χ1) is 22.5. The van der Waals surface area contributed by atoms with Crippen LogP contribution in [0.3, 0.4) is 0 Å². The maximum Gasteiger partial charge on any atom is 0.166 e. The quantitative estimate of drug-likeness (QED) is 0.116. The Balaban J connectivity index is 1.36. The van der Waals surface area contributed by atoms with Crippen LogP contribution in [0.4, 0.5) is 0 Å². The van der Waals surface area contributed by atoms with Gasteiger partial charge in [0.1, 0.15) is 22.3 Å². The summed E-state index contributed by atoms with van der Waals surface area (Å²) in [6.45, 7) is 0. The lowest BCUT2D eigenvalue weighted by Crippen LogP contribution is -1.93. The molecule has 6 heteroatoms. The normalized spacial score (nSPS) is 12.3. The minimum Gasteiger partial charge on any atom is -0.504 e. The number of phenols is 4. The van der Waals surface area contributed by atoms with E-state index in [0.29, 0.717) is 65.7 Å². The molecule has 0 bridgehead atoms. The number of hydrogen-bond donors (Lipinski definition) is 4. The fourth-order valence-electron chi connectivity index (χ4n) is 7.49. The Morgan fingerprint density at radius 1 is 0.326 bits per heavy atom. The number of fused-ring (bicyclic) bond motifs is 6. The van der Waals surface area contributed by atoms with Gasteiger partial charge < -0.3 is 29.3 Å². The van der Waals surface area contributed by atoms with Crippen LogP contribution in [0.2, 0.25) is 0 Å². The van der Waals surface area contributed by atoms with Crippen LogP contribution < -0.4 is 0 Å². The molecular formula is C40H22O6. The van der Waals surface area contributed by atoms with Crippen molar-refractivity contribution in [3.63, 3.8) is 0 Å². The number of rotatable bonds is 2. The first kappa shape index (κ1) is 25.0. The van der Waals surface area contributed by atoms with E-state index in [1.807, 2.05) is 97.1 Å². The summed E-state index contributed by atoms with van der Waals surface area (Å²) in [6, 6.07) is 34.1. The minimum absolute atomic E-state index is 0.266. The van der Waals surface area contributed by atoms with Crippen molar-refractivity contribution in [2.75, 3.05) is 0 Å². The lowest BCUT2D eigenvalue weighted by atomic mass is 9.85. The fourth-order valence-corrected chi connectivity index (χ4v) is 7.49. The highest BCUT2D eigenvalue weighted by Crippen LogP contribution is 2.56. The van der Waals surface area contributed by atoms with E-state index in [2.05, 4.69) is 0 Å². The summed E-state index contributed by atoms with van der Waals surface area (Å²) in [6.07, 6.45) is 0. The van der Waals surface area contributed by atoms with E-state index in [1.165, 1.54) is 0 Å². The third-order valence-corrected chi connectivity index (χ3v) is 9.48. The van der Waals surface area contributed by atoms with Crippen LogP contribution >= 0.6 is 0 Å². The molecule has 8 aromatic carbocycles. The summed E-state index contributed by atoms with van der Waals surface area (Å²) in [5, 5.41) is 53.3. The van der Waals surface area contributed by atoms with Crippen molar-refractivity contribution in [2.45, 2.75) is 0 Å². The van der Waals surface area contributed by atoms with Gasteiger partial charge in [-0.25, -0.2) is 0 Å². The van der Waals surface area contributed by atoms with Gasteiger partial charge in [-0.1, -0.05) is 84.9 Å². The van der Waals surface area contributed by atoms with Gasteiger partial charge in [0.25, 0.3) is 0 Å². The van der Waals surface area contributed by atoms with Crippen LogP contribution in [-0.4, -0.2) is 20.4 Å². The SMILES string of the molecule is Oc1c(O)c2ccc3c(O)c(O)c(-c4cccc5c4oc4ccccc45)c4ccc(c1-c1cccc5c1oc1ccccc15)c2c34. The molecule has 0 amide bonds. The van der Waals surface area contributed by atoms with E-state index in [9.17, 15) is 20.4 Å². The molecule has 0 saturated heterocycles. The molecule has 10 aromatic rings. The van der Waals surface area contributed by atoms with Gasteiger partial charge in [0, 0.05) is 65.3 Å². The average molecular weight is 599 g/mol. The molecular weight excluding hydrogens is 576 g/mol. The minimum atomic E-state index is -0.279. The topological polar surface area (TPSA) is 107 Å². The molecule has 218 valence electrons. The van der Waals surface area contributed by atoms with E-state index in [0.717, 1.165) is 32.7 Å². The van der Waals surface area contributed by atoms with E-state index >= 15 is 0 Å². The molecule has 10 rings (SSSR count). The first-order valence-corrected chi connectivity index (χ1v) is 14.9. The smallest absolute Gasteiger partial charge is 0.166 e. The summed E-state index contributed by atoms with van der Waals surface area (Å²) < 4.78 is 12.6. The van der Waals surface area contributed by atoms with Crippen molar-refractivity contribution in [3.8, 4) is 45.3 Å². The second-order valence-electron chi connectivity index (χ2n) is 11.8. The number of benzene rings is 8. The monoisotopic (exact) mass is 598 g/mol. The Bertz CT molecular complexity index is 2710. The van der Waals surface area contributed by atoms with Gasteiger partial charge in [-0.05, 0) is 35.0 Å². The standard InChI is InChI=1S/C40H22O6/c41-35-25-17-18-26-32-24(34(38(44)36(26)42)28-12-6-10-22-20-8-2-4-14-30(20)46-40(22)28)16-15-23(31(25)32)33(37(35)43)27-11-5-9-21-19-7-1-3-13-29(19)45-39(21)27/h1-18,41-44H. The summed E-state index contributed by atoms with van der Waals surface area (Å²) in [4.78, 5) is 0. The van der Waals surface area contributed by atoms with Crippen LogP contribution in [0.15, 0.2) is 118 Å². The third kappa shape index (κ3) is 3.00. The molecule has 0 aliphatic heterocycles. The lowest BCUT2D eigenvalue weighted by Gasteiger charge is -2.20. The average Bonchev–Trinajstić information content (AvgIpc) is 3.66. The molecule has 6 nitrogen and oxygen atoms in total. The second-order valence-corrected chi connectivity index (χ2v) is 11.8. The largest absolute Gasteiger partial charge is 0.504 e. The van der Waals surface area contributed by atoms with Gasteiger partial charge in [-0.15, -0.1) is 0 Å². The van der Waals surface area contributed by atoms with Crippen molar-refractivity contribution >= 4 is 76.2 Å². The predicted molar refractivity (Wildman–Crippen MR) is 182 cm³/mol. The van der Waals surface area contributed by atoms with Crippen molar-refractivity contribution in [2.24, 2.45) is 0 Å². The molecule has 0 aliphatic carbocycles. The van der Waals surface area contributed by atoms with E-state index in [-0.39, 0.29) is 23.0 Å². The Hall–Kier alpha value is -6.40. The Morgan fingerprint density at radius 2 is 0.717 bits per heavy atom. The van der Waals surface area contributed by atoms with Gasteiger partial charge in [-0.2, -0.15) is 0 Å². The van der Waals surface area contributed by atoms with Crippen LogP contribution in [0, 0.1) is 0 Å². The predicted octanol–water partition coefficient (Wildman–Crippen LogP) is 10.5. The molecule has 0 radical (unpaired) electrons. The summed E-state index contributed by atoms with van der Waals surface area (Å²) >= 11 is 0. The Morgan fingerprint density at radius 3 is 1.17 bits per heavy atom. The highest BCUT2D eigenvalue weighted by Gasteiger charge is 2.28. The second kappa shape index (κ2) is 8.61. The molecule has 0 aliphatic rings. The molecule has 2 heterocycles. The van der Waals surface area contributed by atoms with Gasteiger partial charge in [0.2, 0.25) is 0 Å². The van der Waals surface area contributed by atoms with Crippen molar-refractivity contribution in [3.05, 3.63) is 109 Å². The summed E-state index contributed by atoms with van der Waals surface area (Å²) in [5.74, 6) is -1.09. The van der Waals surface area contributed by atoms with Crippen molar-refractivity contribution < 1.29 is 29.3 Å². The van der Waals surface area contributed by atoms with Crippen LogP contribution in [0.5, 0.6) is 23.0 Å². The zero-order valence-electron chi connectivity index (χ0n) is 24.0. The van der Waals surface area contributed by atoms with Gasteiger partial charge in [0.15, 0.2) is 23.0 Å². The van der Waals surface area contributed by atoms with Crippen LogP contribution in [-0.2, 0) is 0 Å². The highest BCUT2D eigenvalue weighted by atomic mass is 16.3. The fraction of sp³-hybridized carbons (Fsp3) is 0. The number of hydrogen-bond acceptors (Lipinski definition) is 6. The zero-order valence-corrected chi connectivity index (χ0v) is 24.0. The molecule has 0 saturated carbocycles. The van der Waals surface area contributed by atoms with Crippen molar-refractivity contribution in [1.29, 1.82) is 0 Å². The van der Waals surface area contributed by atoms with E-state index in [4.69, 9.17) is 8.83 Å². The molecule has 4 N–H and O–H groups in total. The number of furan rings is 2. The van der Waals surface area contributed by atoms with Crippen LogP contribution in [0.25, 0.3) is 98.4 Å². The third-order valence-electron chi connectivity index (χ3n) is 9.48. The number of aromatic hydroxyl groups is 4. The van der Waals surface area contributed by atoms with Crippen LogP contribution in [0.1, 0.15) is 0 Å². The van der Waals surface area contributed by atoms with Gasteiger partial charge in [-0.3, -0.25) is 0 Å². The molecule has 0 fully saturated rings. The van der Waals surface area contributed by atoms with Gasteiger partial charge in [0.05, 0.1) is 0 Å². The Labute approximate surface area is 259 Å². The highest BCUT2D eigenvalue weighted by molar-refractivity contribution is 6.32. The maximum absolute atomic E-state index is 11.6. The first-order valence-electron chi connectivity index (χ1n) is 14.9.